The first-order chi connectivity index (χ1) is 9.54. The molecular weight excluding hydrogens is 274 g/mol. The SMILES string of the molecule is CN(Cc1ccc(CO)cc1)S(=O)(=O)c1ccccc1. The van der Waals surface area contributed by atoms with E-state index in [1.807, 2.05) is 12.1 Å². The van der Waals surface area contributed by atoms with Crippen LogP contribution in [0.5, 0.6) is 0 Å². The summed E-state index contributed by atoms with van der Waals surface area (Å²) in [7, 11) is -1.91. The lowest BCUT2D eigenvalue weighted by molar-refractivity contribution is 0.282. The Hall–Kier alpha value is -1.69. The molecule has 0 amide bonds. The van der Waals surface area contributed by atoms with Gasteiger partial charge in [-0.3, -0.25) is 0 Å². The van der Waals surface area contributed by atoms with Crippen LogP contribution >= 0.6 is 0 Å². The smallest absolute Gasteiger partial charge is 0.243 e. The zero-order valence-corrected chi connectivity index (χ0v) is 12.0. The molecule has 0 aliphatic rings. The molecule has 0 aliphatic heterocycles. The van der Waals surface area contributed by atoms with E-state index in [0.29, 0.717) is 6.54 Å². The highest BCUT2D eigenvalue weighted by Gasteiger charge is 2.20. The molecule has 2 aromatic carbocycles. The minimum atomic E-state index is -3.47. The fourth-order valence-corrected chi connectivity index (χ4v) is 3.04. The molecule has 0 spiro atoms. The van der Waals surface area contributed by atoms with Crippen LogP contribution in [-0.2, 0) is 23.2 Å². The third-order valence-corrected chi connectivity index (χ3v) is 4.88. The predicted octanol–water partition coefficient (Wildman–Crippen LogP) is 2.00. The second-order valence-electron chi connectivity index (χ2n) is 4.55. The molecule has 106 valence electrons. The summed E-state index contributed by atoms with van der Waals surface area (Å²) < 4.78 is 26.0. The highest BCUT2D eigenvalue weighted by molar-refractivity contribution is 7.89. The summed E-state index contributed by atoms with van der Waals surface area (Å²) >= 11 is 0. The van der Waals surface area contributed by atoms with Crippen LogP contribution in [0.2, 0.25) is 0 Å². The van der Waals surface area contributed by atoms with Gasteiger partial charge in [-0.1, -0.05) is 42.5 Å². The van der Waals surface area contributed by atoms with Gasteiger partial charge in [-0.2, -0.15) is 4.31 Å². The number of benzene rings is 2. The number of hydrogen-bond acceptors (Lipinski definition) is 3. The van der Waals surface area contributed by atoms with E-state index in [1.165, 1.54) is 4.31 Å². The van der Waals surface area contributed by atoms with E-state index < -0.39 is 10.0 Å². The molecule has 2 rings (SSSR count). The standard InChI is InChI=1S/C15H17NO3S/c1-16(11-13-7-9-14(12-17)10-8-13)20(18,19)15-5-3-2-4-6-15/h2-10,17H,11-12H2,1H3. The molecule has 0 aromatic heterocycles. The van der Waals surface area contributed by atoms with Crippen molar-refractivity contribution in [3.05, 3.63) is 65.7 Å². The van der Waals surface area contributed by atoms with Crippen LogP contribution in [0.25, 0.3) is 0 Å². The summed E-state index contributed by atoms with van der Waals surface area (Å²) in [6.07, 6.45) is 0. The Kier molecular flexibility index (Phi) is 4.54. The molecule has 0 heterocycles. The molecule has 0 saturated carbocycles. The van der Waals surface area contributed by atoms with Gasteiger partial charge in [0, 0.05) is 13.6 Å². The highest BCUT2D eigenvalue weighted by Crippen LogP contribution is 2.16. The van der Waals surface area contributed by atoms with Crippen molar-refractivity contribution in [3.8, 4) is 0 Å². The fourth-order valence-electron chi connectivity index (χ4n) is 1.86. The second kappa shape index (κ2) is 6.17. The number of hydrogen-bond donors (Lipinski definition) is 1. The number of aliphatic hydroxyl groups excluding tert-OH is 1. The lowest BCUT2D eigenvalue weighted by Gasteiger charge is -2.17. The topological polar surface area (TPSA) is 57.6 Å². The number of aliphatic hydroxyl groups is 1. The van der Waals surface area contributed by atoms with Crippen LogP contribution in [-0.4, -0.2) is 24.9 Å². The van der Waals surface area contributed by atoms with Crippen molar-refractivity contribution >= 4 is 10.0 Å². The van der Waals surface area contributed by atoms with E-state index in [2.05, 4.69) is 0 Å². The first kappa shape index (κ1) is 14.7. The summed E-state index contributed by atoms with van der Waals surface area (Å²) in [6.45, 7) is 0.279. The Morgan fingerprint density at radius 1 is 0.950 bits per heavy atom. The van der Waals surface area contributed by atoms with E-state index in [0.717, 1.165) is 11.1 Å². The maximum absolute atomic E-state index is 12.3. The average molecular weight is 291 g/mol. The summed E-state index contributed by atoms with van der Waals surface area (Å²) in [6, 6.07) is 15.6. The average Bonchev–Trinajstić information content (AvgIpc) is 2.49. The molecular formula is C15H17NO3S. The monoisotopic (exact) mass is 291 g/mol. The third-order valence-electron chi connectivity index (χ3n) is 3.06. The first-order valence-corrected chi connectivity index (χ1v) is 7.68. The van der Waals surface area contributed by atoms with Gasteiger partial charge in [0.2, 0.25) is 10.0 Å². The fraction of sp³-hybridized carbons (Fsp3) is 0.200. The molecule has 1 N–H and O–H groups in total. The third kappa shape index (κ3) is 3.25. The van der Waals surface area contributed by atoms with Crippen LogP contribution in [0.1, 0.15) is 11.1 Å². The van der Waals surface area contributed by atoms with Gasteiger partial charge in [-0.25, -0.2) is 8.42 Å². The van der Waals surface area contributed by atoms with Gasteiger partial charge in [0.25, 0.3) is 0 Å². The quantitative estimate of drug-likeness (QED) is 0.916. The molecule has 0 radical (unpaired) electrons. The van der Waals surface area contributed by atoms with Crippen LogP contribution < -0.4 is 0 Å². The van der Waals surface area contributed by atoms with E-state index in [4.69, 9.17) is 5.11 Å². The minimum Gasteiger partial charge on any atom is -0.392 e. The highest BCUT2D eigenvalue weighted by atomic mass is 32.2. The Bertz CT molecular complexity index is 651. The molecule has 4 nitrogen and oxygen atoms in total. The van der Waals surface area contributed by atoms with Gasteiger partial charge < -0.3 is 5.11 Å². The van der Waals surface area contributed by atoms with Crippen molar-refractivity contribution in [2.75, 3.05) is 7.05 Å². The van der Waals surface area contributed by atoms with Crippen molar-refractivity contribution in [1.29, 1.82) is 0 Å². The summed E-state index contributed by atoms with van der Waals surface area (Å²) in [5.74, 6) is 0. The van der Waals surface area contributed by atoms with Crippen molar-refractivity contribution in [2.24, 2.45) is 0 Å². The largest absolute Gasteiger partial charge is 0.392 e. The first-order valence-electron chi connectivity index (χ1n) is 6.24. The van der Waals surface area contributed by atoms with Crippen molar-refractivity contribution in [1.82, 2.24) is 4.31 Å². The molecule has 0 saturated heterocycles. The molecule has 0 bridgehead atoms. The van der Waals surface area contributed by atoms with Gasteiger partial charge >= 0.3 is 0 Å². The van der Waals surface area contributed by atoms with Gasteiger partial charge in [0.05, 0.1) is 11.5 Å². The van der Waals surface area contributed by atoms with Crippen LogP contribution in [0.4, 0.5) is 0 Å². The van der Waals surface area contributed by atoms with Crippen LogP contribution in [0, 0.1) is 0 Å². The molecule has 0 fully saturated rings. The van der Waals surface area contributed by atoms with Crippen molar-refractivity contribution in [3.63, 3.8) is 0 Å². The molecule has 2 aromatic rings. The van der Waals surface area contributed by atoms with Gasteiger partial charge in [0.1, 0.15) is 0 Å². The Morgan fingerprint density at radius 2 is 1.50 bits per heavy atom. The van der Waals surface area contributed by atoms with Crippen LogP contribution in [0.3, 0.4) is 0 Å². The Morgan fingerprint density at radius 3 is 2.05 bits per heavy atom. The lowest BCUT2D eigenvalue weighted by Crippen LogP contribution is -2.26. The number of sulfonamides is 1. The predicted molar refractivity (Wildman–Crippen MR) is 77.5 cm³/mol. The number of rotatable bonds is 5. The van der Waals surface area contributed by atoms with E-state index in [-0.39, 0.29) is 11.5 Å². The van der Waals surface area contributed by atoms with Gasteiger partial charge in [-0.05, 0) is 23.3 Å². The van der Waals surface area contributed by atoms with E-state index in [1.54, 1.807) is 49.5 Å². The summed E-state index contributed by atoms with van der Waals surface area (Å²) in [5.41, 5.74) is 1.69. The van der Waals surface area contributed by atoms with Gasteiger partial charge in [0.15, 0.2) is 0 Å². The molecule has 5 heteroatoms. The maximum Gasteiger partial charge on any atom is 0.243 e. The zero-order valence-electron chi connectivity index (χ0n) is 11.2. The van der Waals surface area contributed by atoms with E-state index >= 15 is 0 Å². The summed E-state index contributed by atoms with van der Waals surface area (Å²) in [4.78, 5) is 0.287. The number of nitrogens with zero attached hydrogens (tertiary/aromatic N) is 1. The minimum absolute atomic E-state index is 0.0154. The van der Waals surface area contributed by atoms with Gasteiger partial charge in [-0.15, -0.1) is 0 Å². The Labute approximate surface area is 119 Å². The van der Waals surface area contributed by atoms with Crippen molar-refractivity contribution < 1.29 is 13.5 Å². The maximum atomic E-state index is 12.3. The Balaban J connectivity index is 2.16. The second-order valence-corrected chi connectivity index (χ2v) is 6.59. The summed E-state index contributed by atoms with van der Waals surface area (Å²) in [5, 5.41) is 8.98. The van der Waals surface area contributed by atoms with E-state index in [9.17, 15) is 8.42 Å². The van der Waals surface area contributed by atoms with Crippen LogP contribution in [0.15, 0.2) is 59.5 Å². The normalized spacial score (nSPS) is 11.8. The molecule has 0 atom stereocenters. The molecule has 0 aliphatic carbocycles. The molecule has 20 heavy (non-hydrogen) atoms. The zero-order chi connectivity index (χ0) is 14.6. The molecule has 0 unspecified atom stereocenters. The lowest BCUT2D eigenvalue weighted by atomic mass is 10.1. The van der Waals surface area contributed by atoms with Crippen molar-refractivity contribution in [2.45, 2.75) is 18.0 Å².